The minimum Gasteiger partial charge on any atom is -0.481 e. The average molecular weight is 744 g/mol. The molecule has 0 aliphatic carbocycles. The Morgan fingerprint density at radius 3 is 2.34 bits per heavy atom. The third kappa shape index (κ3) is 10.7. The van der Waals surface area contributed by atoms with Crippen molar-refractivity contribution in [3.63, 3.8) is 0 Å². The first kappa shape index (κ1) is 39.6. The molecule has 0 unspecified atom stereocenters. The van der Waals surface area contributed by atoms with E-state index in [1.165, 1.54) is 48.5 Å². The zero-order valence-corrected chi connectivity index (χ0v) is 30.3. The normalized spacial score (nSPS) is 20.4. The van der Waals surface area contributed by atoms with Crippen molar-refractivity contribution in [2.75, 3.05) is 45.9 Å². The summed E-state index contributed by atoms with van der Waals surface area (Å²) < 4.78 is 74.5. The quantitative estimate of drug-likeness (QED) is 0.117. The van der Waals surface area contributed by atoms with Crippen molar-refractivity contribution >= 4 is 29.4 Å². The number of nitro benzene ring substituents is 1. The van der Waals surface area contributed by atoms with Crippen molar-refractivity contribution in [3.8, 4) is 5.75 Å². The van der Waals surface area contributed by atoms with E-state index in [0.29, 0.717) is 18.6 Å². The summed E-state index contributed by atoms with van der Waals surface area (Å²) in [5, 5.41) is 25.4. The van der Waals surface area contributed by atoms with E-state index in [1.807, 2.05) is 13.8 Å². The Kier molecular flexibility index (Phi) is 14.2. The molecule has 18 heteroatoms. The first-order chi connectivity index (χ1) is 23.7. The zero-order valence-electron chi connectivity index (χ0n) is 28.5. The van der Waals surface area contributed by atoms with Gasteiger partial charge in [-0.3, -0.25) is 14.7 Å². The Labute approximate surface area is 292 Å². The lowest BCUT2D eigenvalue weighted by Crippen LogP contribution is -2.51. The van der Waals surface area contributed by atoms with E-state index in [-0.39, 0.29) is 67.3 Å². The van der Waals surface area contributed by atoms with Crippen LogP contribution in [0.1, 0.15) is 39.7 Å². The fourth-order valence-electron chi connectivity index (χ4n) is 5.69. The fourth-order valence-corrected chi connectivity index (χ4v) is 8.63. The molecular formula is C32H46N3O13PS. The van der Waals surface area contributed by atoms with Crippen LogP contribution < -0.4 is 10.1 Å². The second-order valence-electron chi connectivity index (χ2n) is 12.3. The van der Waals surface area contributed by atoms with Crippen LogP contribution in [0.2, 0.25) is 0 Å². The van der Waals surface area contributed by atoms with Crippen molar-refractivity contribution < 1.29 is 55.8 Å². The molecule has 0 spiro atoms. The SMILES string of the molecule is CCOP(=O)(COc1ccc(S(=O)(=O)N(CC(C)C)C[C@@H](O)[C@H](Cc2ccc([N+](=O)[O-])cc2)NC(=O)O[C@H]2CO[C@H]3OCC[C@H]32)cc1)OCC. The number of non-ortho nitro benzene ring substituents is 1. The third-order valence-corrected chi connectivity index (χ3v) is 11.7. The van der Waals surface area contributed by atoms with E-state index in [1.54, 1.807) is 13.8 Å². The van der Waals surface area contributed by atoms with Crippen molar-refractivity contribution in [1.29, 1.82) is 0 Å². The maximum atomic E-state index is 13.9. The maximum Gasteiger partial charge on any atom is 0.407 e. The van der Waals surface area contributed by atoms with Crippen molar-refractivity contribution in [2.24, 2.45) is 11.8 Å². The predicted molar refractivity (Wildman–Crippen MR) is 180 cm³/mol. The third-order valence-electron chi connectivity index (χ3n) is 8.08. The van der Waals surface area contributed by atoms with Crippen LogP contribution in [0.15, 0.2) is 53.4 Å². The summed E-state index contributed by atoms with van der Waals surface area (Å²) in [5.41, 5.74) is 0.427. The van der Waals surface area contributed by atoms with Gasteiger partial charge in [-0.05, 0) is 62.4 Å². The molecule has 2 aliphatic rings. The summed E-state index contributed by atoms with van der Waals surface area (Å²) in [6.45, 7) is 7.61. The minimum absolute atomic E-state index is 0.0134. The van der Waals surface area contributed by atoms with Crippen LogP contribution in [-0.2, 0) is 44.3 Å². The number of nitrogens with one attached hydrogen (secondary N) is 1. The van der Waals surface area contributed by atoms with Crippen LogP contribution in [0.5, 0.6) is 5.75 Å². The number of amides is 1. The highest BCUT2D eigenvalue weighted by molar-refractivity contribution is 7.89. The molecule has 0 radical (unpaired) electrons. The van der Waals surface area contributed by atoms with Gasteiger partial charge in [-0.1, -0.05) is 26.0 Å². The fraction of sp³-hybridized carbons (Fsp3) is 0.594. The molecule has 2 aliphatic heterocycles. The highest BCUT2D eigenvalue weighted by Gasteiger charge is 2.44. The number of nitro groups is 1. The Bertz CT molecular complexity index is 1570. The summed E-state index contributed by atoms with van der Waals surface area (Å²) in [7, 11) is -7.68. The van der Waals surface area contributed by atoms with Gasteiger partial charge in [0.25, 0.3) is 5.69 Å². The van der Waals surface area contributed by atoms with Gasteiger partial charge in [0.1, 0.15) is 11.9 Å². The number of nitrogens with zero attached hydrogens (tertiary/aromatic N) is 2. The summed E-state index contributed by atoms with van der Waals surface area (Å²) in [5.74, 6) is -0.0185. The highest BCUT2D eigenvalue weighted by Crippen LogP contribution is 2.48. The molecule has 4 rings (SSSR count). The second kappa shape index (κ2) is 17.9. The molecule has 0 saturated carbocycles. The highest BCUT2D eigenvalue weighted by atomic mass is 32.2. The van der Waals surface area contributed by atoms with Gasteiger partial charge in [0.05, 0.1) is 54.3 Å². The Morgan fingerprint density at radius 1 is 1.08 bits per heavy atom. The van der Waals surface area contributed by atoms with Crippen molar-refractivity contribution in [3.05, 3.63) is 64.2 Å². The lowest BCUT2D eigenvalue weighted by molar-refractivity contribution is -0.384. The Hall–Kier alpha value is -3.15. The number of aliphatic hydroxyl groups excluding tert-OH is 1. The molecule has 278 valence electrons. The predicted octanol–water partition coefficient (Wildman–Crippen LogP) is 4.30. The number of hydrogen-bond acceptors (Lipinski definition) is 13. The number of rotatable bonds is 19. The number of ether oxygens (including phenoxy) is 4. The molecule has 2 saturated heterocycles. The van der Waals surface area contributed by atoms with Crippen LogP contribution in [0.4, 0.5) is 10.5 Å². The zero-order chi connectivity index (χ0) is 36.5. The number of carbonyl (C=O) groups is 1. The molecule has 2 fully saturated rings. The lowest BCUT2D eigenvalue weighted by atomic mass is 10.0. The summed E-state index contributed by atoms with van der Waals surface area (Å²) in [6.07, 6.45) is -2.95. The number of fused-ring (bicyclic) bond motifs is 1. The molecule has 0 bridgehead atoms. The molecule has 2 aromatic carbocycles. The molecule has 2 heterocycles. The van der Waals surface area contributed by atoms with Gasteiger partial charge in [-0.15, -0.1) is 0 Å². The number of benzene rings is 2. The smallest absolute Gasteiger partial charge is 0.407 e. The average Bonchev–Trinajstić information content (AvgIpc) is 3.69. The topological polar surface area (TPSA) is 202 Å². The number of alkyl carbamates (subject to hydrolysis) is 1. The van der Waals surface area contributed by atoms with E-state index >= 15 is 0 Å². The van der Waals surface area contributed by atoms with Gasteiger partial charge in [0, 0.05) is 25.2 Å². The molecule has 16 nitrogen and oxygen atoms in total. The molecular weight excluding hydrogens is 697 g/mol. The van der Waals surface area contributed by atoms with Crippen LogP contribution >= 0.6 is 7.60 Å². The standard InChI is InChI=1S/C32H46N3O13PS/c1-5-46-49(40,47-6-2)21-45-25-11-13-26(14-12-25)50(41,42)34(18-22(3)4)19-29(36)28(17-23-7-9-24(10-8-23)35(38)39)33-32(37)48-30-20-44-31-27(30)15-16-43-31/h7-14,22,27-31,36H,5-6,15-21H2,1-4H3,(H,33,37)/t27-,28-,29+,30-,31+/m0/s1. The van der Waals surface area contributed by atoms with Crippen LogP contribution in [0.3, 0.4) is 0 Å². The number of aliphatic hydroxyl groups is 1. The molecule has 1 amide bonds. The second-order valence-corrected chi connectivity index (χ2v) is 16.3. The molecule has 5 atom stereocenters. The van der Waals surface area contributed by atoms with Gasteiger partial charge < -0.3 is 38.4 Å². The van der Waals surface area contributed by atoms with Gasteiger partial charge >= 0.3 is 13.7 Å². The van der Waals surface area contributed by atoms with E-state index in [4.69, 9.17) is 28.0 Å². The van der Waals surface area contributed by atoms with Crippen molar-refractivity contribution in [2.45, 2.75) is 70.0 Å². The first-order valence-electron chi connectivity index (χ1n) is 16.5. The number of sulfonamides is 1. The molecule has 0 aromatic heterocycles. The Morgan fingerprint density at radius 2 is 1.74 bits per heavy atom. The largest absolute Gasteiger partial charge is 0.481 e. The van der Waals surface area contributed by atoms with Gasteiger partial charge in [-0.2, -0.15) is 4.31 Å². The molecule has 2 aromatic rings. The maximum absolute atomic E-state index is 13.9. The van der Waals surface area contributed by atoms with Crippen LogP contribution in [0, 0.1) is 22.0 Å². The summed E-state index contributed by atoms with van der Waals surface area (Å²) >= 11 is 0. The number of hydrogen-bond donors (Lipinski definition) is 2. The van der Waals surface area contributed by atoms with E-state index in [0.717, 1.165) is 4.31 Å². The van der Waals surface area contributed by atoms with Crippen LogP contribution in [-0.4, -0.2) is 99.3 Å². The van der Waals surface area contributed by atoms with Crippen LogP contribution in [0.25, 0.3) is 0 Å². The molecule has 50 heavy (non-hydrogen) atoms. The lowest BCUT2D eigenvalue weighted by Gasteiger charge is -2.31. The monoisotopic (exact) mass is 743 g/mol. The van der Waals surface area contributed by atoms with E-state index in [2.05, 4.69) is 5.32 Å². The van der Waals surface area contributed by atoms with E-state index < -0.39 is 59.7 Å². The van der Waals surface area contributed by atoms with Crippen molar-refractivity contribution in [1.82, 2.24) is 9.62 Å². The minimum atomic E-state index is -4.18. The Balaban J connectivity index is 1.51. The van der Waals surface area contributed by atoms with Gasteiger partial charge in [0.15, 0.2) is 12.6 Å². The van der Waals surface area contributed by atoms with E-state index in [9.17, 15) is 33.0 Å². The number of carbonyl (C=O) groups excluding carboxylic acids is 1. The van der Waals surface area contributed by atoms with Gasteiger partial charge in [-0.25, -0.2) is 13.2 Å². The van der Waals surface area contributed by atoms with Gasteiger partial charge in [0.2, 0.25) is 10.0 Å². The first-order valence-corrected chi connectivity index (χ1v) is 19.6. The summed E-state index contributed by atoms with van der Waals surface area (Å²) in [6, 6.07) is 10.1. The molecule has 2 N–H and O–H groups in total. The summed E-state index contributed by atoms with van der Waals surface area (Å²) in [4.78, 5) is 23.7.